The van der Waals surface area contributed by atoms with E-state index in [0.717, 1.165) is 44.0 Å². The van der Waals surface area contributed by atoms with E-state index < -0.39 is 0 Å². The lowest BCUT2D eigenvalue weighted by molar-refractivity contribution is 0.220. The van der Waals surface area contributed by atoms with Gasteiger partial charge in [0.15, 0.2) is 5.84 Å². The summed E-state index contributed by atoms with van der Waals surface area (Å²) >= 11 is 0. The number of pyridine rings is 1. The fraction of sp³-hybridized carbons (Fsp3) is 0.600. The van der Waals surface area contributed by atoms with E-state index in [2.05, 4.69) is 33.9 Å². The summed E-state index contributed by atoms with van der Waals surface area (Å²) in [7, 11) is 2.07. The van der Waals surface area contributed by atoms with Crippen LogP contribution in [-0.2, 0) is 0 Å². The summed E-state index contributed by atoms with van der Waals surface area (Å²) in [5.74, 6) is 1.00. The summed E-state index contributed by atoms with van der Waals surface area (Å²) in [6.45, 7) is 7.50. The minimum absolute atomic E-state index is 0.121. The molecule has 1 aliphatic rings. The molecule has 6 heteroatoms. The maximum absolute atomic E-state index is 8.84. The van der Waals surface area contributed by atoms with E-state index in [1.54, 1.807) is 0 Å². The van der Waals surface area contributed by atoms with E-state index >= 15 is 0 Å². The van der Waals surface area contributed by atoms with Gasteiger partial charge in [0.25, 0.3) is 0 Å². The average molecular weight is 291 g/mol. The standard InChI is InChI=1S/C15H25N5O/c1-4-20-7-5-13(6-8-20)19(3)14-10-12(15(16)18-21)9-11(2)17-14/h9-10,13,21H,4-8H2,1-3H3,(H2,16,18). The van der Waals surface area contributed by atoms with Crippen LogP contribution in [0.5, 0.6) is 0 Å². The van der Waals surface area contributed by atoms with Crippen molar-refractivity contribution in [3.63, 3.8) is 0 Å². The Bertz CT molecular complexity index is 509. The minimum atomic E-state index is 0.121. The van der Waals surface area contributed by atoms with Gasteiger partial charge in [-0.2, -0.15) is 0 Å². The Morgan fingerprint density at radius 3 is 2.71 bits per heavy atom. The molecule has 116 valence electrons. The number of oxime groups is 1. The van der Waals surface area contributed by atoms with Crippen LogP contribution >= 0.6 is 0 Å². The molecule has 1 aromatic heterocycles. The molecule has 1 fully saturated rings. The van der Waals surface area contributed by atoms with E-state index in [9.17, 15) is 0 Å². The van der Waals surface area contributed by atoms with Gasteiger partial charge in [-0.25, -0.2) is 4.98 Å². The second kappa shape index (κ2) is 6.76. The predicted octanol–water partition coefficient (Wildman–Crippen LogP) is 1.41. The topological polar surface area (TPSA) is 78.0 Å². The van der Waals surface area contributed by atoms with Gasteiger partial charge in [0.2, 0.25) is 0 Å². The van der Waals surface area contributed by atoms with Gasteiger partial charge in [0.05, 0.1) is 0 Å². The zero-order chi connectivity index (χ0) is 15.4. The molecule has 1 saturated heterocycles. The number of likely N-dealkylation sites (tertiary alicyclic amines) is 1. The van der Waals surface area contributed by atoms with Crippen molar-refractivity contribution in [3.05, 3.63) is 23.4 Å². The lowest BCUT2D eigenvalue weighted by Gasteiger charge is -2.37. The number of amidine groups is 1. The minimum Gasteiger partial charge on any atom is -0.409 e. The van der Waals surface area contributed by atoms with Crippen LogP contribution < -0.4 is 10.6 Å². The van der Waals surface area contributed by atoms with E-state index in [0.29, 0.717) is 11.6 Å². The zero-order valence-electron chi connectivity index (χ0n) is 13.1. The van der Waals surface area contributed by atoms with Crippen LogP contribution in [-0.4, -0.2) is 53.7 Å². The molecule has 0 unspecified atom stereocenters. The summed E-state index contributed by atoms with van der Waals surface area (Å²) in [6.07, 6.45) is 2.28. The van der Waals surface area contributed by atoms with E-state index in [1.165, 1.54) is 0 Å². The average Bonchev–Trinajstić information content (AvgIpc) is 2.52. The highest BCUT2D eigenvalue weighted by Crippen LogP contribution is 2.22. The molecule has 0 bridgehead atoms. The van der Waals surface area contributed by atoms with Gasteiger partial charge in [0.1, 0.15) is 5.82 Å². The number of anilines is 1. The van der Waals surface area contributed by atoms with Crippen LogP contribution in [0.2, 0.25) is 0 Å². The Hall–Kier alpha value is -1.82. The number of piperidine rings is 1. The van der Waals surface area contributed by atoms with Crippen molar-refractivity contribution in [2.45, 2.75) is 32.7 Å². The molecule has 0 amide bonds. The maximum Gasteiger partial charge on any atom is 0.170 e. The van der Waals surface area contributed by atoms with Crippen LogP contribution in [0.15, 0.2) is 17.3 Å². The Morgan fingerprint density at radius 2 is 2.14 bits per heavy atom. The fourth-order valence-corrected chi connectivity index (χ4v) is 2.85. The Kier molecular flexibility index (Phi) is 5.01. The van der Waals surface area contributed by atoms with Crippen LogP contribution in [0.1, 0.15) is 31.0 Å². The first-order chi connectivity index (χ1) is 10.0. The molecule has 2 heterocycles. The van der Waals surface area contributed by atoms with Gasteiger partial charge in [-0.3, -0.25) is 0 Å². The third kappa shape index (κ3) is 3.64. The van der Waals surface area contributed by atoms with Crippen molar-refractivity contribution in [3.8, 4) is 0 Å². The lowest BCUT2D eigenvalue weighted by atomic mass is 10.0. The number of aryl methyl sites for hydroxylation is 1. The SMILES string of the molecule is CCN1CCC(N(C)c2cc(/C(N)=N/O)cc(C)n2)CC1. The quantitative estimate of drug-likeness (QED) is 0.379. The van der Waals surface area contributed by atoms with Crippen LogP contribution in [0.3, 0.4) is 0 Å². The van der Waals surface area contributed by atoms with Crippen molar-refractivity contribution in [2.75, 3.05) is 31.6 Å². The smallest absolute Gasteiger partial charge is 0.170 e. The van der Waals surface area contributed by atoms with E-state index in [-0.39, 0.29) is 5.84 Å². The first-order valence-electron chi connectivity index (χ1n) is 7.47. The maximum atomic E-state index is 8.84. The largest absolute Gasteiger partial charge is 0.409 e. The zero-order valence-corrected chi connectivity index (χ0v) is 13.1. The summed E-state index contributed by atoms with van der Waals surface area (Å²) in [5, 5.41) is 11.9. The van der Waals surface area contributed by atoms with Gasteiger partial charge in [0, 0.05) is 37.4 Å². The van der Waals surface area contributed by atoms with Crippen LogP contribution in [0.25, 0.3) is 0 Å². The van der Waals surface area contributed by atoms with Crippen molar-refractivity contribution in [2.24, 2.45) is 10.9 Å². The van der Waals surface area contributed by atoms with Crippen LogP contribution in [0, 0.1) is 6.92 Å². The first kappa shape index (κ1) is 15.6. The molecule has 3 N–H and O–H groups in total. The fourth-order valence-electron chi connectivity index (χ4n) is 2.85. The number of rotatable bonds is 4. The summed E-state index contributed by atoms with van der Waals surface area (Å²) in [6, 6.07) is 4.20. The highest BCUT2D eigenvalue weighted by atomic mass is 16.4. The van der Waals surface area contributed by atoms with Gasteiger partial charge in [-0.15, -0.1) is 0 Å². The molecule has 21 heavy (non-hydrogen) atoms. The number of aromatic nitrogens is 1. The lowest BCUT2D eigenvalue weighted by Crippen LogP contribution is -2.43. The highest BCUT2D eigenvalue weighted by Gasteiger charge is 2.23. The molecule has 0 saturated carbocycles. The molecule has 1 aromatic rings. The molecule has 0 aliphatic carbocycles. The third-order valence-electron chi connectivity index (χ3n) is 4.26. The van der Waals surface area contributed by atoms with Gasteiger partial charge >= 0.3 is 0 Å². The molecule has 0 atom stereocenters. The summed E-state index contributed by atoms with van der Waals surface area (Å²) in [5.41, 5.74) is 7.27. The van der Waals surface area contributed by atoms with Gasteiger partial charge in [-0.1, -0.05) is 12.1 Å². The van der Waals surface area contributed by atoms with Crippen molar-refractivity contribution in [1.82, 2.24) is 9.88 Å². The molecular weight excluding hydrogens is 266 g/mol. The summed E-state index contributed by atoms with van der Waals surface area (Å²) in [4.78, 5) is 9.27. The monoisotopic (exact) mass is 291 g/mol. The number of nitrogens with two attached hydrogens (primary N) is 1. The van der Waals surface area contributed by atoms with Crippen LogP contribution in [0.4, 0.5) is 5.82 Å². The second-order valence-electron chi connectivity index (χ2n) is 5.62. The van der Waals surface area contributed by atoms with Crippen molar-refractivity contribution in [1.29, 1.82) is 0 Å². The third-order valence-corrected chi connectivity index (χ3v) is 4.26. The number of hydrogen-bond acceptors (Lipinski definition) is 5. The predicted molar refractivity (Wildman–Crippen MR) is 85.0 cm³/mol. The first-order valence-corrected chi connectivity index (χ1v) is 7.47. The number of nitrogens with zero attached hydrogens (tertiary/aromatic N) is 4. The second-order valence-corrected chi connectivity index (χ2v) is 5.62. The molecule has 6 nitrogen and oxygen atoms in total. The van der Waals surface area contributed by atoms with E-state index in [4.69, 9.17) is 10.9 Å². The molecule has 0 aromatic carbocycles. The molecule has 2 rings (SSSR count). The normalized spacial score (nSPS) is 18.0. The van der Waals surface area contributed by atoms with Crippen molar-refractivity contribution >= 4 is 11.7 Å². The molecule has 1 aliphatic heterocycles. The van der Waals surface area contributed by atoms with E-state index in [1.807, 2.05) is 19.1 Å². The number of hydrogen-bond donors (Lipinski definition) is 2. The molecule has 0 spiro atoms. The van der Waals surface area contributed by atoms with Gasteiger partial charge < -0.3 is 20.7 Å². The Balaban J connectivity index is 2.16. The summed E-state index contributed by atoms with van der Waals surface area (Å²) < 4.78 is 0. The Labute approximate surface area is 126 Å². The highest BCUT2D eigenvalue weighted by molar-refractivity contribution is 5.97. The van der Waals surface area contributed by atoms with Gasteiger partial charge in [-0.05, 0) is 38.4 Å². The van der Waals surface area contributed by atoms with Crippen molar-refractivity contribution < 1.29 is 5.21 Å². The Morgan fingerprint density at radius 1 is 1.48 bits per heavy atom. The molecule has 0 radical (unpaired) electrons. The molecular formula is C15H25N5O.